The second-order valence-electron chi connectivity index (χ2n) is 18.8. The molecule has 0 saturated carbocycles. The zero-order valence-corrected chi connectivity index (χ0v) is 40.8. The number of para-hydroxylation sites is 7. The number of rotatable bonds is 6. The summed E-state index contributed by atoms with van der Waals surface area (Å²) in [6, 6.07) is 66.2. The Kier molecular flexibility index (Phi) is 9.36. The first kappa shape index (κ1) is 41.9. The van der Waals surface area contributed by atoms with Crippen LogP contribution in [0.15, 0.2) is 180 Å². The summed E-state index contributed by atoms with van der Waals surface area (Å²) in [5.74, 6) is 2.41. The predicted molar refractivity (Wildman–Crippen MR) is 274 cm³/mol. The Hall–Kier alpha value is -8.26. The topological polar surface area (TPSA) is 71.2 Å². The van der Waals surface area contributed by atoms with Gasteiger partial charge in [0.05, 0.1) is 50.1 Å². The third-order valence-electron chi connectivity index (χ3n) is 13.6. The van der Waals surface area contributed by atoms with Crippen molar-refractivity contribution in [2.45, 2.75) is 33.1 Å². The van der Waals surface area contributed by atoms with E-state index in [0.29, 0.717) is 17.1 Å². The molecule has 70 heavy (non-hydrogen) atoms. The van der Waals surface area contributed by atoms with Crippen molar-refractivity contribution in [2.75, 3.05) is 0 Å². The molecule has 0 saturated heterocycles. The molecule has 0 amide bonds. The number of furan rings is 1. The van der Waals surface area contributed by atoms with Crippen LogP contribution in [0.25, 0.3) is 106 Å². The first-order valence-corrected chi connectivity index (χ1v) is 23.2. The maximum Gasteiger partial charge on any atom is 0.268 e. The van der Waals surface area contributed by atoms with Gasteiger partial charge in [0.15, 0.2) is 0 Å². The van der Waals surface area contributed by atoms with Gasteiger partial charge in [0.2, 0.25) is 5.78 Å². The summed E-state index contributed by atoms with van der Waals surface area (Å²) in [5.41, 5.74) is 14.2. The summed E-state index contributed by atoms with van der Waals surface area (Å²) in [4.78, 5) is 10.2. The van der Waals surface area contributed by atoms with Crippen molar-refractivity contribution < 1.29 is 34.8 Å². The second kappa shape index (κ2) is 15.6. The van der Waals surface area contributed by atoms with Gasteiger partial charge in [-0.25, -0.2) is 9.97 Å². The average molecular weight is 1090 g/mol. The number of fused-ring (bicyclic) bond motifs is 12. The van der Waals surface area contributed by atoms with Crippen molar-refractivity contribution in [3.63, 3.8) is 0 Å². The van der Waals surface area contributed by atoms with Crippen LogP contribution >= 0.6 is 0 Å². The number of nitrogens with zero attached hydrogens (tertiary/aromatic N) is 7. The summed E-state index contributed by atoms with van der Waals surface area (Å²) in [6.45, 7) is 8.74. The molecule has 0 unspecified atom stereocenters. The Balaban J connectivity index is 0.00000480. The molecule has 14 rings (SSSR count). The number of ether oxygens (including phenoxy) is 1. The maximum absolute atomic E-state index is 6.99. The van der Waals surface area contributed by atoms with Gasteiger partial charge in [0.1, 0.15) is 11.4 Å². The van der Waals surface area contributed by atoms with Crippen molar-refractivity contribution in [1.82, 2.24) is 28.1 Å². The first-order chi connectivity index (χ1) is 33.8. The second-order valence-corrected chi connectivity index (χ2v) is 18.8. The van der Waals surface area contributed by atoms with Gasteiger partial charge in [-0.05, 0) is 88.7 Å². The van der Waals surface area contributed by atoms with E-state index in [4.69, 9.17) is 19.1 Å². The van der Waals surface area contributed by atoms with Gasteiger partial charge >= 0.3 is 0 Å². The normalized spacial score (nSPS) is 12.2. The van der Waals surface area contributed by atoms with E-state index in [-0.39, 0.29) is 26.5 Å². The molecule has 0 aliphatic carbocycles. The fraction of sp³-hybridized carbons (Fsp3) is 0.0833. The van der Waals surface area contributed by atoms with Gasteiger partial charge in [-0.15, -0.1) is 30.3 Å². The number of imidazole rings is 3. The van der Waals surface area contributed by atoms with E-state index in [1.165, 1.54) is 5.39 Å². The van der Waals surface area contributed by atoms with Crippen LogP contribution in [-0.2, 0) is 26.5 Å². The number of benzene rings is 8. The quantitative estimate of drug-likeness (QED) is 0.123. The Morgan fingerprint density at radius 3 is 2.24 bits per heavy atom. The molecule has 14 aromatic rings. The van der Waals surface area contributed by atoms with Crippen LogP contribution in [0.5, 0.6) is 11.5 Å². The van der Waals surface area contributed by atoms with E-state index in [1.54, 1.807) is 0 Å². The van der Waals surface area contributed by atoms with Crippen LogP contribution in [0.4, 0.5) is 0 Å². The number of hydrogen-bond donors (Lipinski definition) is 0. The Bertz CT molecular complexity index is 4410. The Labute approximate surface area is 416 Å². The van der Waals surface area contributed by atoms with Crippen LogP contribution in [0.1, 0.15) is 31.9 Å². The first-order valence-electron chi connectivity index (χ1n) is 23.2. The van der Waals surface area contributed by atoms with Crippen molar-refractivity contribution in [1.29, 1.82) is 0 Å². The summed E-state index contributed by atoms with van der Waals surface area (Å²) in [6.07, 6.45) is 5.68. The minimum Gasteiger partial charge on any atom is -0.512 e. The van der Waals surface area contributed by atoms with Gasteiger partial charge in [0, 0.05) is 54.9 Å². The van der Waals surface area contributed by atoms with E-state index in [0.717, 1.165) is 106 Å². The monoisotopic (exact) mass is 1090 g/mol. The van der Waals surface area contributed by atoms with Gasteiger partial charge in [-0.3, -0.25) is 9.13 Å². The van der Waals surface area contributed by atoms with E-state index in [1.807, 2.05) is 30.5 Å². The molecule has 340 valence electrons. The largest absolute Gasteiger partial charge is 0.512 e. The number of aryl methyl sites for hydroxylation is 1. The van der Waals surface area contributed by atoms with Crippen LogP contribution in [-0.4, -0.2) is 28.1 Å². The molecule has 0 fully saturated rings. The average Bonchev–Trinajstić information content (AvgIpc) is 4.19. The fourth-order valence-corrected chi connectivity index (χ4v) is 10.3. The molecular formula is C60H41N7O2Pt-2. The molecule has 9 nitrogen and oxygen atoms in total. The third-order valence-corrected chi connectivity index (χ3v) is 13.6. The molecule has 0 bridgehead atoms. The third kappa shape index (κ3) is 6.24. The summed E-state index contributed by atoms with van der Waals surface area (Å²) < 4.78 is 24.5. The summed E-state index contributed by atoms with van der Waals surface area (Å²) >= 11 is 0. The smallest absolute Gasteiger partial charge is 0.268 e. The van der Waals surface area contributed by atoms with E-state index < -0.39 is 0 Å². The minimum absolute atomic E-state index is 0. The predicted octanol–water partition coefficient (Wildman–Crippen LogP) is 13.8. The molecule has 10 heteroatoms. The van der Waals surface area contributed by atoms with Crippen LogP contribution in [0, 0.1) is 25.4 Å². The van der Waals surface area contributed by atoms with Crippen LogP contribution < -0.4 is 9.30 Å². The molecule has 6 aromatic heterocycles. The number of pyridine rings is 1. The van der Waals surface area contributed by atoms with Gasteiger partial charge in [0.25, 0.3) is 6.33 Å². The maximum atomic E-state index is 6.99. The molecule has 0 N–H and O–H groups in total. The molecule has 8 aromatic carbocycles. The Morgan fingerprint density at radius 2 is 1.39 bits per heavy atom. The van der Waals surface area contributed by atoms with Gasteiger partial charge in [-0.1, -0.05) is 129 Å². The van der Waals surface area contributed by atoms with Gasteiger partial charge < -0.3 is 22.7 Å². The van der Waals surface area contributed by atoms with Crippen molar-refractivity contribution >= 4 is 82.6 Å². The van der Waals surface area contributed by atoms with E-state index in [9.17, 15) is 0 Å². The molecule has 0 aliphatic rings. The zero-order chi connectivity index (χ0) is 46.1. The van der Waals surface area contributed by atoms with Gasteiger partial charge in [-0.2, -0.15) is 0 Å². The van der Waals surface area contributed by atoms with Crippen molar-refractivity contribution in [3.8, 4) is 34.4 Å². The zero-order valence-electron chi connectivity index (χ0n) is 38.5. The van der Waals surface area contributed by atoms with Crippen molar-refractivity contribution in [3.05, 3.63) is 206 Å². The standard InChI is InChI=1S/C60H41N7O2.Pt/c1-37-16-14-25-50-56(37)62-59-66(50)49-29-28-41(35-52(49)67(59)55-32-38(30-31-61-55)60(2,3)4)68-54-34-40(33-45-43-20-9-13-27-53(43)69-58(45)54)63-36-64(48-24-12-11-23-47(48)63)51-26-15-21-44-42-19-8-10-22-46(42)65(57(44)51)39-17-6-5-7-18-39;/h5-33H,1-4H3;/q-2;. The molecular weight excluding hydrogens is 1050 g/mol. The van der Waals surface area contributed by atoms with Crippen molar-refractivity contribution in [2.24, 2.45) is 0 Å². The Morgan fingerprint density at radius 1 is 0.643 bits per heavy atom. The summed E-state index contributed by atoms with van der Waals surface area (Å²) in [5, 5.41) is 4.21. The van der Waals surface area contributed by atoms with Crippen LogP contribution in [0.3, 0.4) is 0 Å². The molecule has 0 radical (unpaired) electrons. The fourth-order valence-electron chi connectivity index (χ4n) is 10.3. The molecule has 6 heterocycles. The van der Waals surface area contributed by atoms with Crippen LogP contribution in [0.2, 0.25) is 0 Å². The summed E-state index contributed by atoms with van der Waals surface area (Å²) in [7, 11) is 0. The minimum atomic E-state index is -0.0956. The number of hydrogen-bond acceptors (Lipinski definition) is 4. The molecule has 0 atom stereocenters. The molecule has 0 aliphatic heterocycles. The number of aromatic nitrogens is 7. The molecule has 0 spiro atoms. The van der Waals surface area contributed by atoms with E-state index >= 15 is 0 Å². The van der Waals surface area contributed by atoms with E-state index in [2.05, 4.69) is 214 Å². The SMILES string of the molecule is Cc1cccc2c1nc1n(-c3cc(C(C)(C)C)ccn3)c3[c-]c(Oc4[c-]c(-n5[c-][n+](-c6cccc7c8ccccc8n(-c8ccccc8)c67)c6ccccc65)cc5c4oc4ccccc45)ccc3n21.[Pt].